The predicted octanol–water partition coefficient (Wildman–Crippen LogP) is 1.88. The van der Waals surface area contributed by atoms with Gasteiger partial charge in [0, 0.05) is 30.6 Å². The Hall–Kier alpha value is -1.56. The molecule has 0 spiro atoms. The molecule has 1 aromatic rings. The van der Waals surface area contributed by atoms with Crippen LogP contribution in [0.4, 0.5) is 11.4 Å². The molecule has 5 nitrogen and oxygen atoms in total. The first kappa shape index (κ1) is 15.5. The highest BCUT2D eigenvalue weighted by Crippen LogP contribution is 2.13. The van der Waals surface area contributed by atoms with Crippen LogP contribution < -0.4 is 10.6 Å². The molecule has 0 bridgehead atoms. The molecule has 6 heteroatoms. The fraction of sp³-hybridized carbons (Fsp3) is 0.462. The fourth-order valence-corrected chi connectivity index (χ4v) is 2.42. The van der Waals surface area contributed by atoms with Crippen molar-refractivity contribution in [1.29, 1.82) is 0 Å². The van der Waals surface area contributed by atoms with Crippen molar-refractivity contribution >= 4 is 27.1 Å². The number of hydrogen-bond acceptors (Lipinski definition) is 4. The molecule has 19 heavy (non-hydrogen) atoms. The summed E-state index contributed by atoms with van der Waals surface area (Å²) in [6, 6.07) is 7.29. The summed E-state index contributed by atoms with van der Waals surface area (Å²) in [5.74, 6) is 0.296. The molecule has 0 fully saturated rings. The number of carbonyl (C=O) groups is 1. The third-order valence-corrected chi connectivity index (χ3v) is 4.40. The zero-order valence-corrected chi connectivity index (χ0v) is 12.1. The maximum absolute atomic E-state index is 11.3. The maximum Gasteiger partial charge on any atom is 0.221 e. The van der Waals surface area contributed by atoms with Gasteiger partial charge in [-0.15, -0.1) is 0 Å². The number of benzene rings is 1. The summed E-state index contributed by atoms with van der Waals surface area (Å²) < 4.78 is 22.6. The first-order chi connectivity index (χ1) is 8.93. The lowest BCUT2D eigenvalue weighted by molar-refractivity contribution is -0.114. The van der Waals surface area contributed by atoms with Crippen LogP contribution in [0.3, 0.4) is 0 Å². The van der Waals surface area contributed by atoms with Gasteiger partial charge in [0.05, 0.1) is 5.75 Å². The summed E-state index contributed by atoms with van der Waals surface area (Å²) in [4.78, 5) is 10.8. The smallest absolute Gasteiger partial charge is 0.221 e. The molecule has 0 atom stereocenters. The Morgan fingerprint density at radius 2 is 1.74 bits per heavy atom. The van der Waals surface area contributed by atoms with E-state index in [2.05, 4.69) is 10.6 Å². The maximum atomic E-state index is 11.3. The molecule has 0 aromatic heterocycles. The summed E-state index contributed by atoms with van der Waals surface area (Å²) in [7, 11) is -2.88. The molecule has 2 N–H and O–H groups in total. The molecule has 106 valence electrons. The van der Waals surface area contributed by atoms with Gasteiger partial charge in [-0.25, -0.2) is 8.42 Å². The van der Waals surface area contributed by atoms with Gasteiger partial charge in [-0.1, -0.05) is 6.92 Å². The standard InChI is InChI=1S/C13H20N2O3S/c1-3-19(17,18)10-4-9-14-12-5-7-13(8-6-12)15-11(2)16/h5-8,14H,3-4,9-10H2,1-2H3,(H,15,16). The average Bonchev–Trinajstić information content (AvgIpc) is 2.36. The Labute approximate surface area is 114 Å². The summed E-state index contributed by atoms with van der Waals surface area (Å²) in [5.41, 5.74) is 1.65. The summed E-state index contributed by atoms with van der Waals surface area (Å²) in [5, 5.41) is 5.83. The van der Waals surface area contributed by atoms with E-state index < -0.39 is 9.84 Å². The average molecular weight is 284 g/mol. The van der Waals surface area contributed by atoms with Gasteiger partial charge in [-0.3, -0.25) is 4.79 Å². The second-order valence-electron chi connectivity index (χ2n) is 4.28. The number of anilines is 2. The van der Waals surface area contributed by atoms with Gasteiger partial charge < -0.3 is 10.6 Å². The van der Waals surface area contributed by atoms with Crippen LogP contribution in [0.25, 0.3) is 0 Å². The molecule has 1 rings (SSSR count). The number of rotatable bonds is 7. The summed E-state index contributed by atoms with van der Waals surface area (Å²) >= 11 is 0. The van der Waals surface area contributed by atoms with Gasteiger partial charge in [0.25, 0.3) is 0 Å². The monoisotopic (exact) mass is 284 g/mol. The number of hydrogen-bond donors (Lipinski definition) is 2. The SMILES string of the molecule is CCS(=O)(=O)CCCNc1ccc(NC(C)=O)cc1. The number of nitrogens with one attached hydrogen (secondary N) is 2. The van der Waals surface area contributed by atoms with Crippen LogP contribution in [0, 0.1) is 0 Å². The minimum Gasteiger partial charge on any atom is -0.385 e. The van der Waals surface area contributed by atoms with Crippen molar-refractivity contribution in [1.82, 2.24) is 0 Å². The predicted molar refractivity (Wildman–Crippen MR) is 78.2 cm³/mol. The van der Waals surface area contributed by atoms with E-state index in [0.717, 1.165) is 11.4 Å². The van der Waals surface area contributed by atoms with Crippen molar-refractivity contribution < 1.29 is 13.2 Å². The minimum absolute atomic E-state index is 0.106. The number of sulfone groups is 1. The van der Waals surface area contributed by atoms with E-state index in [1.807, 2.05) is 12.1 Å². The Balaban J connectivity index is 2.36. The quantitative estimate of drug-likeness (QED) is 0.750. The first-order valence-corrected chi connectivity index (χ1v) is 8.07. The topological polar surface area (TPSA) is 75.3 Å². The van der Waals surface area contributed by atoms with Gasteiger partial charge >= 0.3 is 0 Å². The van der Waals surface area contributed by atoms with Gasteiger partial charge in [-0.2, -0.15) is 0 Å². The van der Waals surface area contributed by atoms with E-state index in [9.17, 15) is 13.2 Å². The van der Waals surface area contributed by atoms with E-state index in [1.54, 1.807) is 19.1 Å². The van der Waals surface area contributed by atoms with Crippen LogP contribution in [-0.4, -0.2) is 32.4 Å². The summed E-state index contributed by atoms with van der Waals surface area (Å²) in [6.45, 7) is 3.72. The zero-order valence-electron chi connectivity index (χ0n) is 11.3. The van der Waals surface area contributed by atoms with Crippen molar-refractivity contribution in [2.45, 2.75) is 20.3 Å². The van der Waals surface area contributed by atoms with Crippen molar-refractivity contribution in [3.63, 3.8) is 0 Å². The lowest BCUT2D eigenvalue weighted by Gasteiger charge is -2.08. The van der Waals surface area contributed by atoms with Gasteiger partial charge in [-0.05, 0) is 30.7 Å². The zero-order chi connectivity index (χ0) is 14.3. The van der Waals surface area contributed by atoms with Crippen LogP contribution in [0.15, 0.2) is 24.3 Å². The third kappa shape index (κ3) is 6.24. The van der Waals surface area contributed by atoms with Crippen LogP contribution in [0.5, 0.6) is 0 Å². The highest BCUT2D eigenvalue weighted by Gasteiger charge is 2.05. The molecule has 0 unspecified atom stereocenters. The lowest BCUT2D eigenvalue weighted by Crippen LogP contribution is -2.13. The Kier molecular flexibility index (Phi) is 5.82. The summed E-state index contributed by atoms with van der Waals surface area (Å²) in [6.07, 6.45) is 0.587. The fourth-order valence-electron chi connectivity index (χ4n) is 1.54. The van der Waals surface area contributed by atoms with E-state index in [-0.39, 0.29) is 17.4 Å². The molecular formula is C13H20N2O3S. The Bertz CT molecular complexity index is 509. The Morgan fingerprint density at radius 1 is 1.16 bits per heavy atom. The second-order valence-corrected chi connectivity index (χ2v) is 6.75. The molecule has 0 radical (unpaired) electrons. The molecule has 0 saturated heterocycles. The van der Waals surface area contributed by atoms with Crippen molar-refractivity contribution in [2.24, 2.45) is 0 Å². The highest BCUT2D eigenvalue weighted by atomic mass is 32.2. The van der Waals surface area contributed by atoms with E-state index >= 15 is 0 Å². The van der Waals surface area contributed by atoms with Crippen LogP contribution >= 0.6 is 0 Å². The molecule has 0 heterocycles. The van der Waals surface area contributed by atoms with Crippen molar-refractivity contribution in [2.75, 3.05) is 28.7 Å². The van der Waals surface area contributed by atoms with Gasteiger partial charge in [0.15, 0.2) is 0 Å². The second kappa shape index (κ2) is 7.13. The minimum atomic E-state index is -2.88. The van der Waals surface area contributed by atoms with Crippen molar-refractivity contribution in [3.05, 3.63) is 24.3 Å². The number of carbonyl (C=O) groups excluding carboxylic acids is 1. The molecule has 0 aliphatic heterocycles. The molecular weight excluding hydrogens is 264 g/mol. The normalized spacial score (nSPS) is 11.1. The highest BCUT2D eigenvalue weighted by molar-refractivity contribution is 7.91. The number of amides is 1. The molecule has 0 aliphatic rings. The largest absolute Gasteiger partial charge is 0.385 e. The first-order valence-electron chi connectivity index (χ1n) is 6.25. The lowest BCUT2D eigenvalue weighted by atomic mass is 10.2. The molecule has 1 aromatic carbocycles. The third-order valence-electron chi connectivity index (χ3n) is 2.61. The van der Waals surface area contributed by atoms with Crippen LogP contribution in [-0.2, 0) is 14.6 Å². The van der Waals surface area contributed by atoms with Gasteiger partial charge in [0.1, 0.15) is 9.84 Å². The molecule has 0 aliphatic carbocycles. The van der Waals surface area contributed by atoms with E-state index in [1.165, 1.54) is 6.92 Å². The van der Waals surface area contributed by atoms with E-state index in [0.29, 0.717) is 13.0 Å². The molecule has 0 saturated carbocycles. The molecule has 1 amide bonds. The van der Waals surface area contributed by atoms with Gasteiger partial charge in [0.2, 0.25) is 5.91 Å². The van der Waals surface area contributed by atoms with E-state index in [4.69, 9.17) is 0 Å². The van der Waals surface area contributed by atoms with Crippen molar-refractivity contribution in [3.8, 4) is 0 Å². The van der Waals surface area contributed by atoms with Crippen LogP contribution in [0.1, 0.15) is 20.3 Å². The Morgan fingerprint density at radius 3 is 2.26 bits per heavy atom. The van der Waals surface area contributed by atoms with Crippen LogP contribution in [0.2, 0.25) is 0 Å².